The fourth-order valence-electron chi connectivity index (χ4n) is 4.30. The average molecular weight is 532 g/mol. The van der Waals surface area contributed by atoms with E-state index in [0.29, 0.717) is 0 Å². The molecule has 1 aliphatic heterocycles. The van der Waals surface area contributed by atoms with Gasteiger partial charge in [-0.25, -0.2) is 14.8 Å². The summed E-state index contributed by atoms with van der Waals surface area (Å²) in [5, 5.41) is 10.6. The minimum Gasteiger partial charge on any atom is -0.452 e. The number of rotatable bonds is 5. The normalized spacial score (nSPS) is 20.8. The molecule has 2 aliphatic rings. The Morgan fingerprint density at radius 1 is 1.21 bits per heavy atom. The Morgan fingerprint density at radius 2 is 2.03 bits per heavy atom. The zero-order valence-electron chi connectivity index (χ0n) is 17.8. The lowest BCUT2D eigenvalue weighted by molar-refractivity contribution is -0.136. The van der Waals surface area contributed by atoms with Crippen LogP contribution in [0.4, 0.5) is 0 Å². The quantitative estimate of drug-likeness (QED) is 0.278. The highest BCUT2D eigenvalue weighted by molar-refractivity contribution is 7.11. The summed E-state index contributed by atoms with van der Waals surface area (Å²) in [5.74, 6) is -0.968. The molecule has 0 saturated heterocycles. The number of amides is 1. The summed E-state index contributed by atoms with van der Waals surface area (Å²) in [6.07, 6.45) is 6.34. The van der Waals surface area contributed by atoms with Crippen molar-refractivity contribution in [1.29, 1.82) is 0 Å². The van der Waals surface area contributed by atoms with Gasteiger partial charge in [-0.1, -0.05) is 35.3 Å². The van der Waals surface area contributed by atoms with Gasteiger partial charge >= 0.3 is 5.97 Å². The predicted octanol–water partition coefficient (Wildman–Crippen LogP) is 6.49. The number of pyridine rings is 1. The summed E-state index contributed by atoms with van der Waals surface area (Å²) < 4.78 is 5.28. The molecule has 0 bridgehead atoms. The van der Waals surface area contributed by atoms with E-state index in [9.17, 15) is 9.59 Å². The maximum atomic E-state index is 13.2. The van der Waals surface area contributed by atoms with Crippen LogP contribution in [0.1, 0.15) is 45.4 Å². The molecule has 0 radical (unpaired) electrons. The van der Waals surface area contributed by atoms with Crippen molar-refractivity contribution in [1.82, 2.24) is 9.99 Å². The maximum absolute atomic E-state index is 13.2. The number of carbonyl (C=O) groups excluding carboxylic acids is 2. The molecule has 4 heterocycles. The summed E-state index contributed by atoms with van der Waals surface area (Å²) >= 11 is 15.0. The molecular weight excluding hydrogens is 513 g/mol. The van der Waals surface area contributed by atoms with Crippen LogP contribution in [0, 0.1) is 5.92 Å². The van der Waals surface area contributed by atoms with Crippen molar-refractivity contribution < 1.29 is 14.3 Å². The molecule has 1 fully saturated rings. The van der Waals surface area contributed by atoms with Gasteiger partial charge in [0.2, 0.25) is 0 Å². The molecular formula is C24H19Cl2N3O3S2. The van der Waals surface area contributed by atoms with Gasteiger partial charge in [0.1, 0.15) is 5.15 Å². The van der Waals surface area contributed by atoms with Gasteiger partial charge in [-0.2, -0.15) is 5.10 Å². The number of hydrazone groups is 1. The molecule has 0 spiro atoms. The van der Waals surface area contributed by atoms with Crippen LogP contribution < -0.4 is 0 Å². The number of hydrogen-bond donors (Lipinski definition) is 0. The number of aromatic nitrogens is 1. The van der Waals surface area contributed by atoms with E-state index in [2.05, 4.69) is 17.1 Å². The lowest BCUT2D eigenvalue weighted by Gasteiger charge is -2.28. The molecule has 1 saturated carbocycles. The van der Waals surface area contributed by atoms with Gasteiger partial charge in [-0.05, 0) is 59.9 Å². The number of halogens is 2. The van der Waals surface area contributed by atoms with Crippen LogP contribution in [-0.4, -0.2) is 34.2 Å². The fourth-order valence-corrected chi connectivity index (χ4v) is 6.13. The van der Waals surface area contributed by atoms with Gasteiger partial charge in [0.25, 0.3) is 5.91 Å². The van der Waals surface area contributed by atoms with E-state index in [4.69, 9.17) is 33.0 Å². The van der Waals surface area contributed by atoms with Gasteiger partial charge in [-0.15, -0.1) is 22.7 Å². The van der Waals surface area contributed by atoms with Crippen LogP contribution in [0.15, 0.2) is 58.0 Å². The van der Waals surface area contributed by atoms with Crippen molar-refractivity contribution in [2.45, 2.75) is 25.3 Å². The number of thiophene rings is 2. The molecule has 174 valence electrons. The Labute approximate surface area is 214 Å². The number of carbonyl (C=O) groups is 2. The van der Waals surface area contributed by atoms with Crippen molar-refractivity contribution in [3.8, 4) is 0 Å². The largest absolute Gasteiger partial charge is 0.452 e. The summed E-state index contributed by atoms with van der Waals surface area (Å²) in [6.45, 7) is -0.436. The van der Waals surface area contributed by atoms with E-state index in [0.717, 1.165) is 35.4 Å². The highest BCUT2D eigenvalue weighted by Crippen LogP contribution is 2.45. The van der Waals surface area contributed by atoms with E-state index in [1.165, 1.54) is 22.1 Å². The number of allylic oxidation sites excluding steroid dienone is 1. The molecule has 0 aromatic carbocycles. The van der Waals surface area contributed by atoms with Gasteiger partial charge in [0, 0.05) is 21.9 Å². The zero-order chi connectivity index (χ0) is 23.7. The first-order chi connectivity index (χ1) is 16.5. The van der Waals surface area contributed by atoms with E-state index in [1.807, 2.05) is 29.0 Å². The molecule has 6 nitrogen and oxygen atoms in total. The first-order valence-corrected chi connectivity index (χ1v) is 13.2. The van der Waals surface area contributed by atoms with Crippen LogP contribution in [-0.2, 0) is 9.53 Å². The summed E-state index contributed by atoms with van der Waals surface area (Å²) in [4.78, 5) is 31.8. The van der Waals surface area contributed by atoms with Gasteiger partial charge in [0.15, 0.2) is 6.61 Å². The minimum atomic E-state index is -0.699. The van der Waals surface area contributed by atoms with Crippen LogP contribution in [0.3, 0.4) is 0 Å². The monoisotopic (exact) mass is 531 g/mol. The minimum absolute atomic E-state index is 0.0926. The zero-order valence-corrected chi connectivity index (χ0v) is 21.0. The lowest BCUT2D eigenvalue weighted by Crippen LogP contribution is -2.34. The Kier molecular flexibility index (Phi) is 6.83. The standard InChI is InChI=1S/C24H19Cl2N3O3S2/c25-18-11-15(12-27-23(18)26)24(31)32-13-20(30)29-22(19-7-3-9-34-19)17-6-1-4-14(21(17)28-29)10-16-5-2-8-33-16/h2-3,5,7-12,17,22H,1,4,6,13H2/b14-10-. The second-order valence-electron chi connectivity index (χ2n) is 7.94. The van der Waals surface area contributed by atoms with Crippen molar-refractivity contribution in [3.63, 3.8) is 0 Å². The molecule has 34 heavy (non-hydrogen) atoms. The van der Waals surface area contributed by atoms with Crippen molar-refractivity contribution >= 4 is 69.5 Å². The summed E-state index contributed by atoms with van der Waals surface area (Å²) in [7, 11) is 0. The average Bonchev–Trinajstić information content (AvgIpc) is 3.60. The maximum Gasteiger partial charge on any atom is 0.340 e. The molecule has 3 aromatic rings. The third-order valence-electron chi connectivity index (χ3n) is 5.81. The first kappa shape index (κ1) is 23.2. The molecule has 1 amide bonds. The van der Waals surface area contributed by atoms with E-state index in [1.54, 1.807) is 22.7 Å². The van der Waals surface area contributed by atoms with Crippen LogP contribution in [0.5, 0.6) is 0 Å². The van der Waals surface area contributed by atoms with Crippen LogP contribution in [0.25, 0.3) is 6.08 Å². The van der Waals surface area contributed by atoms with E-state index < -0.39 is 12.6 Å². The highest BCUT2D eigenvalue weighted by Gasteiger charge is 2.44. The summed E-state index contributed by atoms with van der Waals surface area (Å²) in [5.41, 5.74) is 2.24. The fraction of sp³-hybridized carbons (Fsp3) is 0.250. The molecule has 5 rings (SSSR count). The van der Waals surface area contributed by atoms with Crippen molar-refractivity contribution in [3.05, 3.63) is 78.4 Å². The molecule has 0 N–H and O–H groups in total. The Balaban J connectivity index is 1.38. The third-order valence-corrected chi connectivity index (χ3v) is 8.26. The number of ether oxygens (including phenoxy) is 1. The predicted molar refractivity (Wildman–Crippen MR) is 136 cm³/mol. The molecule has 1 aliphatic carbocycles. The van der Waals surface area contributed by atoms with E-state index in [-0.39, 0.29) is 33.6 Å². The first-order valence-electron chi connectivity index (χ1n) is 10.7. The molecule has 2 atom stereocenters. The second-order valence-corrected chi connectivity index (χ2v) is 10.7. The Morgan fingerprint density at radius 3 is 2.76 bits per heavy atom. The topological polar surface area (TPSA) is 71.9 Å². The summed E-state index contributed by atoms with van der Waals surface area (Å²) in [6, 6.07) is 9.26. The smallest absolute Gasteiger partial charge is 0.340 e. The second kappa shape index (κ2) is 10.00. The number of nitrogens with zero attached hydrogens (tertiary/aromatic N) is 3. The third kappa shape index (κ3) is 4.68. The molecule has 3 aromatic heterocycles. The Hall–Kier alpha value is -2.52. The van der Waals surface area contributed by atoms with E-state index >= 15 is 0 Å². The lowest BCUT2D eigenvalue weighted by atomic mass is 9.79. The van der Waals surface area contributed by atoms with Crippen LogP contribution >= 0.6 is 45.9 Å². The van der Waals surface area contributed by atoms with Gasteiger partial charge in [-0.3, -0.25) is 4.79 Å². The number of fused-ring (bicyclic) bond motifs is 1. The molecule has 2 unspecified atom stereocenters. The van der Waals surface area contributed by atoms with Crippen LogP contribution in [0.2, 0.25) is 10.2 Å². The number of esters is 1. The number of hydrogen-bond acceptors (Lipinski definition) is 7. The molecule has 10 heteroatoms. The Bertz CT molecular complexity index is 1270. The van der Waals surface area contributed by atoms with Gasteiger partial charge < -0.3 is 4.74 Å². The SMILES string of the molecule is O=C(OCC(=O)N1N=C2/C(=C\c3cccs3)CCCC2C1c1cccs1)c1cnc(Cl)c(Cl)c1. The van der Waals surface area contributed by atoms with Crippen molar-refractivity contribution in [2.24, 2.45) is 11.0 Å². The van der Waals surface area contributed by atoms with Crippen molar-refractivity contribution in [2.75, 3.05) is 6.61 Å². The van der Waals surface area contributed by atoms with Gasteiger partial charge in [0.05, 0.1) is 22.3 Å². The highest BCUT2D eigenvalue weighted by atomic mass is 35.5.